The highest BCUT2D eigenvalue weighted by molar-refractivity contribution is 7.91. The molecule has 0 fully saturated rings. The molecule has 1 aromatic carbocycles. The lowest BCUT2D eigenvalue weighted by atomic mass is 10.2. The predicted molar refractivity (Wildman–Crippen MR) is 57.4 cm³/mol. The maximum Gasteiger partial charge on any atom is 0.522 e. The first kappa shape index (κ1) is 16.4. The molecule has 0 saturated heterocycles. The van der Waals surface area contributed by atoms with E-state index in [0.717, 1.165) is 6.07 Å². The van der Waals surface area contributed by atoms with Gasteiger partial charge < -0.3 is 5.11 Å². The minimum Gasteiger partial charge on any atom is -0.478 e. The van der Waals surface area contributed by atoms with Crippen molar-refractivity contribution in [2.45, 2.75) is 11.3 Å². The Bertz CT molecular complexity index is 609. The van der Waals surface area contributed by atoms with Crippen LogP contribution < -0.4 is 0 Å². The maximum atomic E-state index is 13.4. The average molecular weight is 316 g/mol. The number of hydrogen-bond donors (Lipinski definition) is 1. The number of carboxylic acid groups (broad SMARTS) is 1. The number of carboxylic acids is 1. The van der Waals surface area contributed by atoms with Gasteiger partial charge in [-0.15, -0.1) is 13.2 Å². The molecule has 0 aliphatic heterocycles. The van der Waals surface area contributed by atoms with Crippen LogP contribution in [0.5, 0.6) is 0 Å². The standard InChI is InChI=1S/C10H8F4O5S/c11-7-2-1-6(9(15)16)5-8(7)20(17,18)4-3-19-10(12,13)14/h1-2,5H,3-4H2,(H,15,16). The minimum absolute atomic E-state index is 0.498. The number of ether oxygens (including phenoxy) is 1. The third-order valence-corrected chi connectivity index (χ3v) is 3.82. The van der Waals surface area contributed by atoms with E-state index in [4.69, 9.17) is 5.11 Å². The SMILES string of the molecule is O=C(O)c1ccc(F)c(S(=O)(=O)CCOC(F)(F)F)c1. The van der Waals surface area contributed by atoms with E-state index in [9.17, 15) is 30.8 Å². The fourth-order valence-corrected chi connectivity index (χ4v) is 2.45. The number of carbonyl (C=O) groups is 1. The van der Waals surface area contributed by atoms with Crippen LogP contribution in [0.4, 0.5) is 17.6 Å². The second-order valence-corrected chi connectivity index (χ2v) is 5.64. The number of alkyl halides is 3. The molecule has 20 heavy (non-hydrogen) atoms. The van der Waals surface area contributed by atoms with Crippen LogP contribution in [-0.2, 0) is 14.6 Å². The molecular formula is C10H8F4O5S. The molecule has 10 heteroatoms. The van der Waals surface area contributed by atoms with Crippen LogP contribution in [-0.4, -0.2) is 38.2 Å². The predicted octanol–water partition coefficient (Wildman–Crippen LogP) is 1.83. The van der Waals surface area contributed by atoms with Gasteiger partial charge in [-0.2, -0.15) is 0 Å². The molecule has 0 saturated carbocycles. The quantitative estimate of drug-likeness (QED) is 0.838. The third kappa shape index (κ3) is 4.46. The first-order chi connectivity index (χ1) is 9.03. The summed E-state index contributed by atoms with van der Waals surface area (Å²) in [4.78, 5) is 9.66. The van der Waals surface area contributed by atoms with Gasteiger partial charge in [-0.1, -0.05) is 0 Å². The van der Waals surface area contributed by atoms with Gasteiger partial charge in [-0.05, 0) is 18.2 Å². The van der Waals surface area contributed by atoms with Gasteiger partial charge in [0.05, 0.1) is 17.9 Å². The fourth-order valence-electron chi connectivity index (χ4n) is 1.25. The lowest BCUT2D eigenvalue weighted by Gasteiger charge is -2.09. The van der Waals surface area contributed by atoms with Crippen LogP contribution >= 0.6 is 0 Å². The Hall–Kier alpha value is -1.68. The van der Waals surface area contributed by atoms with Gasteiger partial charge in [0.2, 0.25) is 0 Å². The molecule has 0 heterocycles. The third-order valence-electron chi connectivity index (χ3n) is 2.13. The zero-order valence-corrected chi connectivity index (χ0v) is 10.5. The summed E-state index contributed by atoms with van der Waals surface area (Å²) in [5.74, 6) is -3.87. The van der Waals surface area contributed by atoms with Gasteiger partial charge in [0.15, 0.2) is 9.84 Å². The van der Waals surface area contributed by atoms with E-state index in [1.54, 1.807) is 0 Å². The molecule has 0 spiro atoms. The Morgan fingerprint density at radius 3 is 2.40 bits per heavy atom. The first-order valence-electron chi connectivity index (χ1n) is 4.99. The Balaban J connectivity index is 2.97. The summed E-state index contributed by atoms with van der Waals surface area (Å²) in [6, 6.07) is 1.99. The first-order valence-corrected chi connectivity index (χ1v) is 6.64. The van der Waals surface area contributed by atoms with Crippen LogP contribution in [0.15, 0.2) is 23.1 Å². The topological polar surface area (TPSA) is 80.7 Å². The van der Waals surface area contributed by atoms with E-state index >= 15 is 0 Å². The summed E-state index contributed by atoms with van der Waals surface area (Å²) < 4.78 is 75.0. The summed E-state index contributed by atoms with van der Waals surface area (Å²) >= 11 is 0. The molecule has 1 N–H and O–H groups in total. The Kier molecular flexibility index (Phi) is 4.71. The molecule has 112 valence electrons. The summed E-state index contributed by atoms with van der Waals surface area (Å²) in [5.41, 5.74) is -0.498. The highest BCUT2D eigenvalue weighted by Crippen LogP contribution is 2.20. The van der Waals surface area contributed by atoms with Crippen LogP contribution in [0, 0.1) is 5.82 Å². The Morgan fingerprint density at radius 1 is 1.30 bits per heavy atom. The average Bonchev–Trinajstić information content (AvgIpc) is 2.26. The van der Waals surface area contributed by atoms with Crippen LogP contribution in [0.25, 0.3) is 0 Å². The lowest BCUT2D eigenvalue weighted by Crippen LogP contribution is -2.21. The number of aromatic carboxylic acids is 1. The fraction of sp³-hybridized carbons (Fsp3) is 0.300. The van der Waals surface area contributed by atoms with Crippen molar-refractivity contribution in [3.8, 4) is 0 Å². The number of rotatable bonds is 5. The van der Waals surface area contributed by atoms with Crippen molar-refractivity contribution in [3.63, 3.8) is 0 Å². The summed E-state index contributed by atoms with van der Waals surface area (Å²) in [6.45, 7) is -1.22. The molecule has 0 atom stereocenters. The number of benzene rings is 1. The molecule has 0 aliphatic carbocycles. The monoisotopic (exact) mass is 316 g/mol. The summed E-state index contributed by atoms with van der Waals surface area (Å²) in [5, 5.41) is 8.66. The number of hydrogen-bond acceptors (Lipinski definition) is 4. The van der Waals surface area contributed by atoms with Crippen molar-refractivity contribution in [3.05, 3.63) is 29.6 Å². The van der Waals surface area contributed by atoms with Gasteiger partial charge >= 0.3 is 12.3 Å². The van der Waals surface area contributed by atoms with E-state index in [2.05, 4.69) is 4.74 Å². The molecule has 0 aromatic heterocycles. The van der Waals surface area contributed by atoms with Gasteiger partial charge in [0.25, 0.3) is 0 Å². The van der Waals surface area contributed by atoms with Crippen molar-refractivity contribution in [2.24, 2.45) is 0 Å². The molecule has 0 unspecified atom stereocenters. The van der Waals surface area contributed by atoms with Crippen LogP contribution in [0.3, 0.4) is 0 Å². The second-order valence-electron chi connectivity index (χ2n) is 3.56. The van der Waals surface area contributed by atoms with Gasteiger partial charge in [0.1, 0.15) is 10.7 Å². The summed E-state index contributed by atoms with van der Waals surface area (Å²) in [6.07, 6.45) is -5.00. The van der Waals surface area contributed by atoms with Gasteiger partial charge in [-0.25, -0.2) is 17.6 Å². The van der Waals surface area contributed by atoms with Crippen molar-refractivity contribution in [1.82, 2.24) is 0 Å². The van der Waals surface area contributed by atoms with E-state index in [1.165, 1.54) is 0 Å². The van der Waals surface area contributed by atoms with Crippen molar-refractivity contribution in [1.29, 1.82) is 0 Å². The molecule has 1 rings (SSSR count). The normalized spacial score (nSPS) is 12.4. The van der Waals surface area contributed by atoms with Gasteiger partial charge in [0, 0.05) is 0 Å². The van der Waals surface area contributed by atoms with Crippen molar-refractivity contribution >= 4 is 15.8 Å². The Labute approximate surface area is 110 Å². The van der Waals surface area contributed by atoms with E-state index in [0.29, 0.717) is 12.1 Å². The summed E-state index contributed by atoms with van der Waals surface area (Å²) in [7, 11) is -4.43. The molecule has 0 radical (unpaired) electrons. The molecule has 0 aliphatic rings. The molecule has 5 nitrogen and oxygen atoms in total. The van der Waals surface area contributed by atoms with Crippen molar-refractivity contribution < 1.29 is 40.6 Å². The minimum atomic E-state index is -5.00. The van der Waals surface area contributed by atoms with Crippen LogP contribution in [0.2, 0.25) is 0 Å². The molecule has 0 amide bonds. The molecule has 1 aromatic rings. The number of halogens is 4. The van der Waals surface area contributed by atoms with Crippen molar-refractivity contribution in [2.75, 3.05) is 12.4 Å². The highest BCUT2D eigenvalue weighted by Gasteiger charge is 2.30. The highest BCUT2D eigenvalue weighted by atomic mass is 32.2. The van der Waals surface area contributed by atoms with E-state index in [-0.39, 0.29) is 0 Å². The Morgan fingerprint density at radius 2 is 1.90 bits per heavy atom. The smallest absolute Gasteiger partial charge is 0.478 e. The molecular weight excluding hydrogens is 308 g/mol. The molecule has 0 bridgehead atoms. The number of sulfone groups is 1. The van der Waals surface area contributed by atoms with Gasteiger partial charge in [-0.3, -0.25) is 4.74 Å². The zero-order valence-electron chi connectivity index (χ0n) is 9.65. The van der Waals surface area contributed by atoms with E-state index < -0.39 is 50.8 Å². The maximum absolute atomic E-state index is 13.4. The lowest BCUT2D eigenvalue weighted by molar-refractivity contribution is -0.322. The van der Waals surface area contributed by atoms with E-state index in [1.807, 2.05) is 0 Å². The van der Waals surface area contributed by atoms with Crippen LogP contribution in [0.1, 0.15) is 10.4 Å². The zero-order chi connectivity index (χ0) is 15.6. The second kappa shape index (κ2) is 5.75. The largest absolute Gasteiger partial charge is 0.522 e.